The molecule has 2 rings (SSSR count). The number of carbonyl (C=O) groups excluding carboxylic acids is 2. The number of amides is 1. The van der Waals surface area contributed by atoms with Gasteiger partial charge in [-0.3, -0.25) is 9.59 Å². The average molecular weight is 350 g/mol. The molecular weight excluding hydrogens is 328 g/mol. The lowest BCUT2D eigenvalue weighted by Crippen LogP contribution is -2.53. The molecule has 130 valence electrons. The number of hydrogen-bond acceptors (Lipinski definition) is 5. The van der Waals surface area contributed by atoms with Crippen LogP contribution < -0.4 is 5.32 Å². The fraction of sp³-hybridized carbons (Fsp3) is 0.471. The van der Waals surface area contributed by atoms with Gasteiger partial charge in [0.2, 0.25) is 5.91 Å². The highest BCUT2D eigenvalue weighted by Gasteiger charge is 2.37. The van der Waals surface area contributed by atoms with Crippen LogP contribution in [0.4, 0.5) is 0 Å². The van der Waals surface area contributed by atoms with Crippen LogP contribution in [0.2, 0.25) is 0 Å². The number of nitrogens with zero attached hydrogens (tertiary/aromatic N) is 1. The van der Waals surface area contributed by atoms with Crippen molar-refractivity contribution in [3.63, 3.8) is 0 Å². The number of esters is 1. The lowest BCUT2D eigenvalue weighted by molar-refractivity contribution is -0.144. The molecule has 1 atom stereocenters. The molecule has 1 aromatic rings. The Kier molecular flexibility index (Phi) is 6.28. The molecule has 0 radical (unpaired) electrons. The maximum absolute atomic E-state index is 12.9. The maximum Gasteiger partial charge on any atom is 0.302 e. The van der Waals surface area contributed by atoms with E-state index in [1.165, 1.54) is 6.92 Å². The van der Waals surface area contributed by atoms with Crippen LogP contribution in [0, 0.1) is 0 Å². The van der Waals surface area contributed by atoms with E-state index in [1.807, 2.05) is 35.2 Å². The van der Waals surface area contributed by atoms with E-state index in [0.717, 1.165) is 5.56 Å². The number of hydrogen-bond donors (Lipinski definition) is 1. The summed E-state index contributed by atoms with van der Waals surface area (Å²) in [5.41, 5.74) is -0.267. The molecule has 0 spiro atoms. The number of rotatable bonds is 4. The number of benzene rings is 1. The van der Waals surface area contributed by atoms with Crippen molar-refractivity contribution in [3.8, 4) is 0 Å². The standard InChI is InChI=1S/C17H22N2O4S/c1-13(20)23-12-17(2,14-6-4-3-5-7-14)15(21)18-16(24)19-8-10-22-11-9-19/h3-7H,8-12H2,1-2H3,(H,18,21,24)/t17-/m0/s1. The molecule has 0 saturated carbocycles. The summed E-state index contributed by atoms with van der Waals surface area (Å²) in [5.74, 6) is -0.729. The van der Waals surface area contributed by atoms with E-state index in [1.54, 1.807) is 6.92 Å². The van der Waals surface area contributed by atoms with Crippen LogP contribution in [0.1, 0.15) is 19.4 Å². The third-order valence-corrected chi connectivity index (χ3v) is 4.36. The quantitative estimate of drug-likeness (QED) is 0.651. The minimum absolute atomic E-state index is 0.0517. The van der Waals surface area contributed by atoms with Gasteiger partial charge in [0.05, 0.1) is 13.2 Å². The van der Waals surface area contributed by atoms with Crippen molar-refractivity contribution in [2.24, 2.45) is 0 Å². The molecule has 0 aromatic heterocycles. The molecule has 1 amide bonds. The van der Waals surface area contributed by atoms with Gasteiger partial charge in [-0.25, -0.2) is 0 Å². The Hall–Kier alpha value is -1.99. The highest BCUT2D eigenvalue weighted by Crippen LogP contribution is 2.25. The van der Waals surface area contributed by atoms with Crippen LogP contribution in [-0.4, -0.2) is 54.8 Å². The van der Waals surface area contributed by atoms with Gasteiger partial charge in [0.25, 0.3) is 0 Å². The molecule has 1 fully saturated rings. The molecule has 1 aliphatic rings. The minimum atomic E-state index is -1.02. The number of thiocarbonyl (C=S) groups is 1. The second-order valence-corrected chi connectivity index (χ2v) is 6.22. The van der Waals surface area contributed by atoms with Gasteiger partial charge in [-0.05, 0) is 24.7 Å². The Balaban J connectivity index is 2.14. The SMILES string of the molecule is CC(=O)OC[C@](C)(C(=O)NC(=S)N1CCOCC1)c1ccccc1. The van der Waals surface area contributed by atoms with Crippen molar-refractivity contribution >= 4 is 29.2 Å². The predicted octanol–water partition coefficient (Wildman–Crippen LogP) is 1.24. The molecule has 7 heteroatoms. The molecule has 0 unspecified atom stereocenters. The van der Waals surface area contributed by atoms with Crippen molar-refractivity contribution in [1.29, 1.82) is 0 Å². The molecule has 24 heavy (non-hydrogen) atoms. The summed E-state index contributed by atoms with van der Waals surface area (Å²) in [7, 11) is 0. The summed E-state index contributed by atoms with van der Waals surface area (Å²) in [6, 6.07) is 9.22. The summed E-state index contributed by atoms with van der Waals surface area (Å²) >= 11 is 5.34. The molecule has 0 bridgehead atoms. The topological polar surface area (TPSA) is 67.9 Å². The van der Waals surface area contributed by atoms with Gasteiger partial charge in [-0.15, -0.1) is 0 Å². The second kappa shape index (κ2) is 8.21. The van der Waals surface area contributed by atoms with Crippen molar-refractivity contribution in [1.82, 2.24) is 10.2 Å². The van der Waals surface area contributed by atoms with E-state index < -0.39 is 11.4 Å². The Morgan fingerprint density at radius 3 is 2.50 bits per heavy atom. The third kappa shape index (κ3) is 4.52. The summed E-state index contributed by atoms with van der Waals surface area (Å²) in [4.78, 5) is 26.0. The van der Waals surface area contributed by atoms with E-state index in [4.69, 9.17) is 21.7 Å². The highest BCUT2D eigenvalue weighted by molar-refractivity contribution is 7.80. The van der Waals surface area contributed by atoms with Gasteiger partial charge in [0, 0.05) is 20.0 Å². The molecule has 1 saturated heterocycles. The zero-order valence-electron chi connectivity index (χ0n) is 13.9. The van der Waals surface area contributed by atoms with Gasteiger partial charge in [0.1, 0.15) is 12.0 Å². The zero-order chi connectivity index (χ0) is 17.6. The molecule has 1 aromatic carbocycles. The first-order valence-corrected chi connectivity index (χ1v) is 8.21. The van der Waals surface area contributed by atoms with Crippen LogP contribution in [0.5, 0.6) is 0 Å². The van der Waals surface area contributed by atoms with Crippen LogP contribution in [-0.2, 0) is 24.5 Å². The van der Waals surface area contributed by atoms with Crippen molar-refractivity contribution < 1.29 is 19.1 Å². The van der Waals surface area contributed by atoms with E-state index in [9.17, 15) is 9.59 Å². The third-order valence-electron chi connectivity index (χ3n) is 3.99. The zero-order valence-corrected chi connectivity index (χ0v) is 14.7. The van der Waals surface area contributed by atoms with Gasteiger partial charge in [-0.1, -0.05) is 30.3 Å². The fourth-order valence-electron chi connectivity index (χ4n) is 2.41. The highest BCUT2D eigenvalue weighted by atomic mass is 32.1. The predicted molar refractivity (Wildman–Crippen MR) is 93.6 cm³/mol. The van der Waals surface area contributed by atoms with E-state index >= 15 is 0 Å². The van der Waals surface area contributed by atoms with Gasteiger partial charge in [-0.2, -0.15) is 0 Å². The van der Waals surface area contributed by atoms with Crippen molar-refractivity contribution in [2.45, 2.75) is 19.3 Å². The normalized spacial score (nSPS) is 16.8. The molecule has 6 nitrogen and oxygen atoms in total. The summed E-state index contributed by atoms with van der Waals surface area (Å²) < 4.78 is 10.4. The first kappa shape index (κ1) is 18.4. The van der Waals surface area contributed by atoms with Crippen LogP contribution in [0.25, 0.3) is 0 Å². The van der Waals surface area contributed by atoms with Crippen LogP contribution in [0.15, 0.2) is 30.3 Å². The van der Waals surface area contributed by atoms with Crippen molar-refractivity contribution in [3.05, 3.63) is 35.9 Å². The first-order chi connectivity index (χ1) is 11.4. The maximum atomic E-state index is 12.9. The van der Waals surface area contributed by atoms with E-state index in [2.05, 4.69) is 5.32 Å². The van der Waals surface area contributed by atoms with E-state index in [-0.39, 0.29) is 12.5 Å². The largest absolute Gasteiger partial charge is 0.464 e. The minimum Gasteiger partial charge on any atom is -0.464 e. The average Bonchev–Trinajstić information content (AvgIpc) is 2.61. The Bertz CT molecular complexity index is 602. The van der Waals surface area contributed by atoms with Crippen LogP contribution in [0.3, 0.4) is 0 Å². The Morgan fingerprint density at radius 2 is 1.92 bits per heavy atom. The Morgan fingerprint density at radius 1 is 1.29 bits per heavy atom. The molecule has 1 N–H and O–H groups in total. The number of nitrogens with one attached hydrogen (secondary N) is 1. The molecular formula is C17H22N2O4S. The lowest BCUT2D eigenvalue weighted by atomic mass is 9.82. The summed E-state index contributed by atoms with van der Waals surface area (Å²) in [5, 5.41) is 3.15. The van der Waals surface area contributed by atoms with E-state index in [0.29, 0.717) is 31.4 Å². The number of morpholine rings is 1. The monoisotopic (exact) mass is 350 g/mol. The molecule has 1 aliphatic heterocycles. The summed E-state index contributed by atoms with van der Waals surface area (Å²) in [6.07, 6.45) is 0. The van der Waals surface area contributed by atoms with Gasteiger partial charge < -0.3 is 19.7 Å². The van der Waals surface area contributed by atoms with Crippen molar-refractivity contribution in [2.75, 3.05) is 32.9 Å². The summed E-state index contributed by atoms with van der Waals surface area (Å²) in [6.45, 7) is 5.46. The Labute approximate surface area is 147 Å². The van der Waals surface area contributed by atoms with Gasteiger partial charge in [0.15, 0.2) is 5.11 Å². The lowest BCUT2D eigenvalue weighted by Gasteiger charge is -2.32. The molecule has 1 heterocycles. The number of carbonyl (C=O) groups is 2. The first-order valence-electron chi connectivity index (χ1n) is 7.80. The second-order valence-electron chi connectivity index (χ2n) is 5.84. The fourth-order valence-corrected chi connectivity index (χ4v) is 2.69. The smallest absolute Gasteiger partial charge is 0.302 e. The molecule has 0 aliphatic carbocycles. The number of ether oxygens (including phenoxy) is 2. The van der Waals surface area contributed by atoms with Crippen LogP contribution >= 0.6 is 12.2 Å². The van der Waals surface area contributed by atoms with Gasteiger partial charge >= 0.3 is 5.97 Å².